The van der Waals surface area contributed by atoms with Gasteiger partial charge in [0.15, 0.2) is 0 Å². The van der Waals surface area contributed by atoms with Crippen LogP contribution in [0.5, 0.6) is 0 Å². The topological polar surface area (TPSA) is 30.7 Å². The minimum Gasteiger partial charge on any atom is -0.267 e. The molecule has 0 atom stereocenters. The van der Waals surface area contributed by atoms with E-state index in [0.29, 0.717) is 12.2 Å². The highest BCUT2D eigenvalue weighted by atomic mass is 79.9. The number of benzene rings is 1. The Hall–Kier alpha value is -1.01. The van der Waals surface area contributed by atoms with Crippen LogP contribution in [0.3, 0.4) is 0 Å². The Morgan fingerprint density at radius 2 is 2.00 bits per heavy atom. The number of rotatable bonds is 2. The van der Waals surface area contributed by atoms with E-state index in [0.717, 1.165) is 6.07 Å². The first kappa shape index (κ1) is 12.4. The first-order valence-electron chi connectivity index (χ1n) is 4.79. The van der Waals surface area contributed by atoms with Crippen molar-refractivity contribution >= 4 is 27.5 Å². The van der Waals surface area contributed by atoms with Crippen molar-refractivity contribution in [3.63, 3.8) is 0 Å². The van der Waals surface area contributed by atoms with Gasteiger partial charge in [0.1, 0.15) is 17.5 Å². The number of nitrogens with zero attached hydrogens (tertiary/aromatic N) is 3. The summed E-state index contributed by atoms with van der Waals surface area (Å²) in [5, 5.41) is 7.51. The normalized spacial score (nSPS) is 10.9. The highest BCUT2D eigenvalue weighted by Crippen LogP contribution is 2.26. The lowest BCUT2D eigenvalue weighted by molar-refractivity contribution is 0.572. The van der Waals surface area contributed by atoms with E-state index in [-0.39, 0.29) is 15.4 Å². The quantitative estimate of drug-likeness (QED) is 0.792. The first-order valence-corrected chi connectivity index (χ1v) is 5.96. The molecule has 0 radical (unpaired) electrons. The monoisotopic (exact) mass is 321 g/mol. The Bertz CT molecular complexity index is 571. The summed E-state index contributed by atoms with van der Waals surface area (Å²) in [7, 11) is 0. The molecule has 0 amide bonds. The van der Waals surface area contributed by atoms with Crippen molar-refractivity contribution in [3.8, 4) is 5.69 Å². The van der Waals surface area contributed by atoms with Crippen molar-refractivity contribution in [2.45, 2.75) is 13.3 Å². The molecule has 0 spiro atoms. The molecule has 1 heterocycles. The van der Waals surface area contributed by atoms with Gasteiger partial charge < -0.3 is 0 Å². The van der Waals surface area contributed by atoms with Crippen molar-refractivity contribution in [3.05, 3.63) is 39.3 Å². The third-order valence-corrected chi connectivity index (χ3v) is 3.09. The van der Waals surface area contributed by atoms with Crippen molar-refractivity contribution in [1.82, 2.24) is 14.8 Å². The molecule has 90 valence electrons. The zero-order valence-corrected chi connectivity index (χ0v) is 11.1. The summed E-state index contributed by atoms with van der Waals surface area (Å²) in [6.45, 7) is 1.84. The maximum atomic E-state index is 13.7. The largest absolute Gasteiger partial charge is 0.267 e. The molecule has 17 heavy (non-hydrogen) atoms. The Balaban J connectivity index is 2.68. The summed E-state index contributed by atoms with van der Waals surface area (Å²) in [6, 6.07) is 2.09. The number of aryl methyl sites for hydroxylation is 1. The molecular formula is C10H7BrClF2N3. The first-order chi connectivity index (χ1) is 8.04. The van der Waals surface area contributed by atoms with Crippen LogP contribution in [0.25, 0.3) is 5.69 Å². The van der Waals surface area contributed by atoms with Gasteiger partial charge in [-0.05, 0) is 33.6 Å². The van der Waals surface area contributed by atoms with Gasteiger partial charge in [-0.25, -0.2) is 8.78 Å². The zero-order chi connectivity index (χ0) is 12.6. The fourth-order valence-electron chi connectivity index (χ4n) is 1.45. The van der Waals surface area contributed by atoms with Crippen LogP contribution in [-0.2, 0) is 6.42 Å². The molecule has 0 fully saturated rings. The van der Waals surface area contributed by atoms with Gasteiger partial charge in [-0.1, -0.05) is 6.92 Å². The van der Waals surface area contributed by atoms with Crippen LogP contribution in [0.1, 0.15) is 12.7 Å². The van der Waals surface area contributed by atoms with Gasteiger partial charge >= 0.3 is 0 Å². The van der Waals surface area contributed by atoms with E-state index in [9.17, 15) is 8.78 Å². The summed E-state index contributed by atoms with van der Waals surface area (Å²) in [4.78, 5) is 0. The van der Waals surface area contributed by atoms with Crippen LogP contribution >= 0.6 is 27.5 Å². The molecule has 0 saturated heterocycles. The van der Waals surface area contributed by atoms with E-state index in [1.165, 1.54) is 10.6 Å². The van der Waals surface area contributed by atoms with Gasteiger partial charge in [0.2, 0.25) is 5.28 Å². The van der Waals surface area contributed by atoms with Crippen LogP contribution < -0.4 is 0 Å². The molecule has 0 saturated carbocycles. The van der Waals surface area contributed by atoms with Gasteiger partial charge in [-0.3, -0.25) is 4.57 Å². The van der Waals surface area contributed by atoms with E-state index >= 15 is 0 Å². The number of hydrogen-bond acceptors (Lipinski definition) is 2. The predicted molar refractivity (Wildman–Crippen MR) is 63.4 cm³/mol. The van der Waals surface area contributed by atoms with Crippen LogP contribution in [0.15, 0.2) is 16.6 Å². The lowest BCUT2D eigenvalue weighted by atomic mass is 10.3. The fraction of sp³-hybridized carbons (Fsp3) is 0.200. The van der Waals surface area contributed by atoms with Crippen molar-refractivity contribution in [2.75, 3.05) is 0 Å². The summed E-state index contributed by atoms with van der Waals surface area (Å²) >= 11 is 8.83. The second kappa shape index (κ2) is 4.70. The SMILES string of the molecule is CCc1nnc(Cl)n1-c1cc(Br)c(F)cc1F. The fourth-order valence-corrected chi connectivity index (χ4v) is 2.00. The van der Waals surface area contributed by atoms with E-state index in [1.807, 2.05) is 6.92 Å². The Labute approximate surface area is 110 Å². The minimum absolute atomic E-state index is 0.0410. The van der Waals surface area contributed by atoms with Gasteiger partial charge in [0.05, 0.1) is 10.2 Å². The second-order valence-electron chi connectivity index (χ2n) is 3.29. The summed E-state index contributed by atoms with van der Waals surface area (Å²) in [5.74, 6) is -0.886. The molecular weight excluding hydrogens is 315 g/mol. The molecule has 0 aliphatic heterocycles. The zero-order valence-electron chi connectivity index (χ0n) is 8.72. The van der Waals surface area contributed by atoms with Crippen LogP contribution in [0, 0.1) is 11.6 Å². The Morgan fingerprint density at radius 1 is 1.29 bits per heavy atom. The summed E-state index contributed by atoms with van der Waals surface area (Å²) < 4.78 is 28.3. The highest BCUT2D eigenvalue weighted by Gasteiger charge is 2.16. The molecule has 0 bridgehead atoms. The Morgan fingerprint density at radius 3 is 2.65 bits per heavy atom. The van der Waals surface area contributed by atoms with Gasteiger partial charge in [-0.2, -0.15) is 0 Å². The number of hydrogen-bond donors (Lipinski definition) is 0. The molecule has 2 aromatic rings. The molecule has 0 aliphatic rings. The molecule has 0 unspecified atom stereocenters. The number of aromatic nitrogens is 3. The van der Waals surface area contributed by atoms with Crippen LogP contribution in [0.4, 0.5) is 8.78 Å². The Kier molecular flexibility index (Phi) is 3.44. The molecule has 3 nitrogen and oxygen atoms in total. The summed E-state index contributed by atoms with van der Waals surface area (Å²) in [6.07, 6.45) is 0.536. The number of halogens is 4. The molecule has 2 rings (SSSR count). The lowest BCUT2D eigenvalue weighted by Crippen LogP contribution is -2.04. The van der Waals surface area contributed by atoms with Crippen molar-refractivity contribution < 1.29 is 8.78 Å². The standard InChI is InChI=1S/C10H7BrClF2N3/c1-2-9-15-16-10(12)17(9)8-3-5(11)6(13)4-7(8)14/h3-4H,2H2,1H3. The summed E-state index contributed by atoms with van der Waals surface area (Å²) in [5.41, 5.74) is 0.116. The lowest BCUT2D eigenvalue weighted by Gasteiger charge is -2.08. The maximum Gasteiger partial charge on any atom is 0.229 e. The van der Waals surface area contributed by atoms with Gasteiger partial charge in [-0.15, -0.1) is 10.2 Å². The van der Waals surface area contributed by atoms with E-state index in [1.54, 1.807) is 0 Å². The molecule has 1 aromatic carbocycles. The van der Waals surface area contributed by atoms with Crippen molar-refractivity contribution in [2.24, 2.45) is 0 Å². The van der Waals surface area contributed by atoms with E-state index in [4.69, 9.17) is 11.6 Å². The molecule has 0 aliphatic carbocycles. The van der Waals surface area contributed by atoms with Gasteiger partial charge in [0, 0.05) is 12.5 Å². The molecule has 1 aromatic heterocycles. The molecule has 7 heteroatoms. The van der Waals surface area contributed by atoms with Gasteiger partial charge in [0.25, 0.3) is 0 Å². The van der Waals surface area contributed by atoms with E-state index < -0.39 is 11.6 Å². The maximum absolute atomic E-state index is 13.7. The third kappa shape index (κ3) is 2.19. The van der Waals surface area contributed by atoms with Crippen LogP contribution in [0.2, 0.25) is 5.28 Å². The highest BCUT2D eigenvalue weighted by molar-refractivity contribution is 9.10. The predicted octanol–water partition coefficient (Wildman–Crippen LogP) is 3.52. The van der Waals surface area contributed by atoms with Crippen molar-refractivity contribution in [1.29, 1.82) is 0 Å². The van der Waals surface area contributed by atoms with Crippen LogP contribution in [-0.4, -0.2) is 14.8 Å². The average molecular weight is 323 g/mol. The average Bonchev–Trinajstić information content (AvgIpc) is 2.65. The third-order valence-electron chi connectivity index (χ3n) is 2.24. The smallest absolute Gasteiger partial charge is 0.229 e. The minimum atomic E-state index is -0.720. The second-order valence-corrected chi connectivity index (χ2v) is 4.48. The molecule has 0 N–H and O–H groups in total. The van der Waals surface area contributed by atoms with E-state index in [2.05, 4.69) is 26.1 Å².